The summed E-state index contributed by atoms with van der Waals surface area (Å²) in [6.07, 6.45) is 10.3. The third kappa shape index (κ3) is 4.07. The van der Waals surface area contributed by atoms with Crippen LogP contribution in [0.5, 0.6) is 0 Å². The number of nitrogens with one attached hydrogen (secondary N) is 1. The average Bonchev–Trinajstić information content (AvgIpc) is 2.20. The first-order valence-corrected chi connectivity index (χ1v) is 5.25. The maximum absolute atomic E-state index is 11.7. The average molecular weight is 229 g/mol. The number of amides is 1. The van der Waals surface area contributed by atoms with E-state index in [4.69, 9.17) is 0 Å². The second kappa shape index (κ2) is 5.80. The second-order valence-electron chi connectivity index (χ2n) is 3.75. The smallest absolute Gasteiger partial charge is 0.221 e. The molecule has 0 aromatic rings. The Morgan fingerprint density at radius 2 is 1.76 bits per heavy atom. The molecule has 0 heterocycles. The summed E-state index contributed by atoms with van der Waals surface area (Å²) in [4.78, 5) is 22.6. The van der Waals surface area contributed by atoms with Crippen LogP contribution in [0.25, 0.3) is 0 Å². The molecule has 17 heavy (non-hydrogen) atoms. The van der Waals surface area contributed by atoms with Gasteiger partial charge < -0.3 is 5.32 Å². The van der Waals surface area contributed by atoms with Gasteiger partial charge in [0.05, 0.1) is 0 Å². The molecule has 0 unspecified atom stereocenters. The number of Topliss-reactive ketones (excluding diaryl/α,β-unsaturated/α-hetero) is 1. The van der Waals surface area contributed by atoms with Gasteiger partial charge in [0.2, 0.25) is 5.91 Å². The van der Waals surface area contributed by atoms with Crippen molar-refractivity contribution in [1.29, 1.82) is 0 Å². The topological polar surface area (TPSA) is 46.2 Å². The van der Waals surface area contributed by atoms with E-state index in [1.807, 2.05) is 0 Å². The minimum atomic E-state index is -0.128. The monoisotopic (exact) mass is 229 g/mol. The Bertz CT molecular complexity index is 476. The molecule has 1 aliphatic rings. The molecule has 88 valence electrons. The summed E-state index contributed by atoms with van der Waals surface area (Å²) in [6.45, 7) is 6.74. The highest BCUT2D eigenvalue weighted by atomic mass is 16.1. The van der Waals surface area contributed by atoms with Gasteiger partial charge in [-0.3, -0.25) is 9.59 Å². The predicted octanol–water partition coefficient (Wildman–Crippen LogP) is 2.20. The van der Waals surface area contributed by atoms with Crippen molar-refractivity contribution in [2.24, 2.45) is 0 Å². The molecular weight excluding hydrogens is 214 g/mol. The van der Waals surface area contributed by atoms with Crippen molar-refractivity contribution < 1.29 is 9.59 Å². The van der Waals surface area contributed by atoms with E-state index >= 15 is 0 Å². The van der Waals surface area contributed by atoms with Crippen LogP contribution in [0.4, 0.5) is 0 Å². The summed E-state index contributed by atoms with van der Waals surface area (Å²) in [7, 11) is 0. The maximum atomic E-state index is 11.7. The van der Waals surface area contributed by atoms with Gasteiger partial charge in [0.15, 0.2) is 5.78 Å². The Hall–Kier alpha value is -2.16. The number of allylic oxidation sites excluding steroid dienone is 8. The van der Waals surface area contributed by atoms with Crippen molar-refractivity contribution in [2.45, 2.75) is 13.8 Å². The standard InChI is InChI=1S/C14H15NO2/c1-10(2)14(17)12-6-4-8-13(9-5-7-12)15-11(3)16/h4-9H,1H2,2-3H3,(H,15,16)/b6-4-,7-5?,8-4?,9-5-,12-6?,12-7+,13-8+,13-9?. The quantitative estimate of drug-likeness (QED) is 0.754. The zero-order chi connectivity index (χ0) is 12.8. The largest absolute Gasteiger partial charge is 0.326 e. The Morgan fingerprint density at radius 1 is 1.12 bits per heavy atom. The Labute approximate surface area is 101 Å². The van der Waals surface area contributed by atoms with E-state index in [9.17, 15) is 9.59 Å². The summed E-state index contributed by atoms with van der Waals surface area (Å²) in [5, 5.41) is 2.67. The van der Waals surface area contributed by atoms with Crippen LogP contribution in [-0.4, -0.2) is 11.7 Å². The summed E-state index contributed by atoms with van der Waals surface area (Å²) in [6, 6.07) is 0. The van der Waals surface area contributed by atoms with Gasteiger partial charge in [0.1, 0.15) is 0 Å². The maximum Gasteiger partial charge on any atom is 0.221 e. The molecule has 0 radical (unpaired) electrons. The molecule has 0 aliphatic heterocycles. The van der Waals surface area contributed by atoms with Crippen LogP contribution >= 0.6 is 0 Å². The van der Waals surface area contributed by atoms with Crippen molar-refractivity contribution in [3.05, 3.63) is 59.9 Å². The lowest BCUT2D eigenvalue weighted by Gasteiger charge is -2.04. The molecule has 3 nitrogen and oxygen atoms in total. The van der Waals surface area contributed by atoms with E-state index < -0.39 is 0 Å². The molecule has 1 rings (SSSR count). The minimum absolute atomic E-state index is 0.0812. The van der Waals surface area contributed by atoms with Gasteiger partial charge >= 0.3 is 0 Å². The van der Waals surface area contributed by atoms with Gasteiger partial charge in [-0.25, -0.2) is 0 Å². The first-order valence-electron chi connectivity index (χ1n) is 5.25. The molecule has 0 fully saturated rings. The molecular formula is C14H15NO2. The normalized spacial score (nSPS) is 24.1. The lowest BCUT2D eigenvalue weighted by atomic mass is 10.0. The molecule has 0 atom stereocenters. The molecule has 0 aromatic heterocycles. The van der Waals surface area contributed by atoms with Crippen molar-refractivity contribution in [3.63, 3.8) is 0 Å². The first-order chi connectivity index (χ1) is 8.00. The fourth-order valence-corrected chi connectivity index (χ4v) is 1.31. The lowest BCUT2D eigenvalue weighted by Crippen LogP contribution is -2.17. The molecule has 1 aliphatic carbocycles. The fraction of sp³-hybridized carbons (Fsp3) is 0.143. The first kappa shape index (κ1) is 12.9. The Kier molecular flexibility index (Phi) is 4.40. The van der Waals surface area contributed by atoms with E-state index in [0.717, 1.165) is 0 Å². The van der Waals surface area contributed by atoms with Crippen LogP contribution in [0.15, 0.2) is 59.9 Å². The van der Waals surface area contributed by atoms with Crippen LogP contribution < -0.4 is 5.32 Å². The van der Waals surface area contributed by atoms with Gasteiger partial charge in [0.25, 0.3) is 0 Å². The van der Waals surface area contributed by atoms with Crippen LogP contribution in [0.3, 0.4) is 0 Å². The summed E-state index contributed by atoms with van der Waals surface area (Å²) < 4.78 is 0. The number of rotatable bonds is 3. The minimum Gasteiger partial charge on any atom is -0.326 e. The molecule has 3 heteroatoms. The van der Waals surface area contributed by atoms with E-state index in [1.54, 1.807) is 43.4 Å². The number of hydrogen-bond donors (Lipinski definition) is 1. The lowest BCUT2D eigenvalue weighted by molar-refractivity contribution is -0.118. The van der Waals surface area contributed by atoms with E-state index in [1.165, 1.54) is 6.92 Å². The summed E-state index contributed by atoms with van der Waals surface area (Å²) in [5.74, 6) is -0.209. The SMILES string of the molecule is C=C(C)C(=O)C1=C/C=C\C(NC(C)=O)=C/C=C\1. The van der Waals surface area contributed by atoms with Gasteiger partial charge in [-0.1, -0.05) is 30.9 Å². The predicted molar refractivity (Wildman–Crippen MR) is 68.1 cm³/mol. The van der Waals surface area contributed by atoms with Gasteiger partial charge in [-0.15, -0.1) is 0 Å². The summed E-state index contributed by atoms with van der Waals surface area (Å²) >= 11 is 0. The fourth-order valence-electron chi connectivity index (χ4n) is 1.31. The van der Waals surface area contributed by atoms with Gasteiger partial charge in [-0.2, -0.15) is 0 Å². The molecule has 0 bridgehead atoms. The van der Waals surface area contributed by atoms with Crippen molar-refractivity contribution in [2.75, 3.05) is 0 Å². The van der Waals surface area contributed by atoms with Crippen LogP contribution in [-0.2, 0) is 9.59 Å². The Balaban J connectivity index is 2.86. The zero-order valence-electron chi connectivity index (χ0n) is 9.99. The zero-order valence-corrected chi connectivity index (χ0v) is 9.99. The number of carbonyl (C=O) groups excluding carboxylic acids is 2. The van der Waals surface area contributed by atoms with Crippen LogP contribution in [0, 0.1) is 0 Å². The van der Waals surface area contributed by atoms with Gasteiger partial charge in [0, 0.05) is 18.2 Å². The number of carbonyl (C=O) groups is 2. The van der Waals surface area contributed by atoms with Crippen LogP contribution in [0.1, 0.15) is 13.8 Å². The van der Waals surface area contributed by atoms with E-state index in [2.05, 4.69) is 11.9 Å². The van der Waals surface area contributed by atoms with E-state index in [-0.39, 0.29) is 11.7 Å². The van der Waals surface area contributed by atoms with Crippen LogP contribution in [0.2, 0.25) is 0 Å². The highest BCUT2D eigenvalue weighted by Crippen LogP contribution is 2.09. The van der Waals surface area contributed by atoms with Crippen molar-refractivity contribution in [3.8, 4) is 0 Å². The highest BCUT2D eigenvalue weighted by Gasteiger charge is 2.06. The second-order valence-corrected chi connectivity index (χ2v) is 3.75. The van der Waals surface area contributed by atoms with E-state index in [0.29, 0.717) is 16.8 Å². The third-order valence-electron chi connectivity index (χ3n) is 2.07. The Morgan fingerprint density at radius 3 is 2.35 bits per heavy atom. The molecule has 1 amide bonds. The third-order valence-corrected chi connectivity index (χ3v) is 2.07. The summed E-state index contributed by atoms with van der Waals surface area (Å²) in [5.41, 5.74) is 1.76. The molecule has 0 aromatic carbocycles. The molecule has 0 saturated carbocycles. The number of hydrogen-bond acceptors (Lipinski definition) is 2. The van der Waals surface area contributed by atoms with Gasteiger partial charge in [-0.05, 0) is 24.6 Å². The molecule has 0 saturated heterocycles. The molecule has 0 spiro atoms. The highest BCUT2D eigenvalue weighted by molar-refractivity contribution is 6.09. The van der Waals surface area contributed by atoms with Crippen molar-refractivity contribution in [1.82, 2.24) is 5.32 Å². The van der Waals surface area contributed by atoms with Crippen molar-refractivity contribution >= 4 is 11.7 Å². The molecule has 1 N–H and O–H groups in total. The number of ketones is 1.